The summed E-state index contributed by atoms with van der Waals surface area (Å²) in [6.07, 6.45) is 6.91. The molecule has 0 fully saturated rings. The minimum Gasteiger partial charge on any atom is -0.457 e. The molecule has 0 atom stereocenters. The summed E-state index contributed by atoms with van der Waals surface area (Å²) in [6, 6.07) is 7.60. The zero-order valence-corrected chi connectivity index (χ0v) is 8.78. The summed E-state index contributed by atoms with van der Waals surface area (Å²) < 4.78 is 10.9. The van der Waals surface area contributed by atoms with E-state index in [1.807, 2.05) is 38.1 Å². The van der Waals surface area contributed by atoms with Crippen molar-refractivity contribution in [2.45, 2.75) is 19.6 Å². The number of terminal acetylenes is 1. The van der Waals surface area contributed by atoms with E-state index in [0.29, 0.717) is 0 Å². The molecule has 0 aromatic heterocycles. The van der Waals surface area contributed by atoms with Crippen LogP contribution in [0.5, 0.6) is 0 Å². The lowest BCUT2D eigenvalue weighted by atomic mass is 10.1. The Balaban J connectivity index is 2.22. The molecule has 0 saturated heterocycles. The molecule has 2 heteroatoms. The molecule has 2 rings (SSSR count). The van der Waals surface area contributed by atoms with Gasteiger partial charge >= 0.3 is 0 Å². The summed E-state index contributed by atoms with van der Waals surface area (Å²) in [5.41, 5.74) is 1.83. The van der Waals surface area contributed by atoms with Crippen LogP contribution >= 0.6 is 0 Å². The maximum absolute atomic E-state index is 5.60. The highest BCUT2D eigenvalue weighted by Gasteiger charge is 2.28. The Labute approximate surface area is 89.5 Å². The van der Waals surface area contributed by atoms with E-state index in [0.717, 1.165) is 16.9 Å². The summed E-state index contributed by atoms with van der Waals surface area (Å²) >= 11 is 0. The number of benzene rings is 1. The molecule has 1 heterocycles. The normalized spacial score (nSPS) is 17.3. The molecule has 0 bridgehead atoms. The fourth-order valence-electron chi connectivity index (χ4n) is 1.37. The number of ether oxygens (including phenoxy) is 2. The molecule has 2 nitrogen and oxygen atoms in total. The highest BCUT2D eigenvalue weighted by Crippen LogP contribution is 2.30. The Morgan fingerprint density at radius 3 is 2.33 bits per heavy atom. The van der Waals surface area contributed by atoms with Gasteiger partial charge < -0.3 is 9.47 Å². The number of hydrogen-bond donors (Lipinski definition) is 0. The highest BCUT2D eigenvalue weighted by molar-refractivity contribution is 5.61. The van der Waals surface area contributed by atoms with E-state index >= 15 is 0 Å². The van der Waals surface area contributed by atoms with Crippen molar-refractivity contribution < 1.29 is 9.47 Å². The molecule has 0 aliphatic carbocycles. The van der Waals surface area contributed by atoms with Crippen LogP contribution in [0.2, 0.25) is 0 Å². The molecule has 0 amide bonds. The molecule has 1 aliphatic rings. The first kappa shape index (κ1) is 9.67. The molecule has 0 spiro atoms. The van der Waals surface area contributed by atoms with Crippen molar-refractivity contribution in [3.63, 3.8) is 0 Å². The predicted molar refractivity (Wildman–Crippen MR) is 58.6 cm³/mol. The maximum atomic E-state index is 5.60. The Morgan fingerprint density at radius 1 is 1.20 bits per heavy atom. The summed E-state index contributed by atoms with van der Waals surface area (Å²) in [5, 5.41) is 0. The van der Waals surface area contributed by atoms with Crippen molar-refractivity contribution in [1.82, 2.24) is 0 Å². The second kappa shape index (κ2) is 3.36. The molecule has 0 radical (unpaired) electrons. The van der Waals surface area contributed by atoms with Crippen LogP contribution in [0.3, 0.4) is 0 Å². The van der Waals surface area contributed by atoms with Crippen molar-refractivity contribution in [3.8, 4) is 12.3 Å². The van der Waals surface area contributed by atoms with Gasteiger partial charge in [-0.3, -0.25) is 0 Å². The average molecular weight is 200 g/mol. The molecular weight excluding hydrogens is 188 g/mol. The first-order chi connectivity index (χ1) is 7.11. The molecule has 1 aromatic carbocycles. The van der Waals surface area contributed by atoms with E-state index in [2.05, 4.69) is 5.92 Å². The van der Waals surface area contributed by atoms with Gasteiger partial charge in [0.15, 0.2) is 5.76 Å². The lowest BCUT2D eigenvalue weighted by Crippen LogP contribution is -2.19. The lowest BCUT2D eigenvalue weighted by molar-refractivity contribution is -0.102. The third-order valence-corrected chi connectivity index (χ3v) is 2.14. The minimum atomic E-state index is -0.569. The topological polar surface area (TPSA) is 18.5 Å². The van der Waals surface area contributed by atoms with Crippen LogP contribution in [0, 0.1) is 12.3 Å². The van der Waals surface area contributed by atoms with Crippen LogP contribution in [0.15, 0.2) is 30.5 Å². The minimum absolute atomic E-state index is 0.569. The SMILES string of the molecule is C#Cc1ccc(C2=COC(C)(C)O2)cc1. The fraction of sp³-hybridized carbons (Fsp3) is 0.231. The van der Waals surface area contributed by atoms with E-state index in [-0.39, 0.29) is 0 Å². The van der Waals surface area contributed by atoms with Gasteiger partial charge in [0.1, 0.15) is 6.26 Å². The second-order valence-corrected chi connectivity index (χ2v) is 3.82. The molecule has 1 aromatic rings. The first-order valence-electron chi connectivity index (χ1n) is 4.75. The van der Waals surface area contributed by atoms with Gasteiger partial charge in [-0.2, -0.15) is 0 Å². The molecular formula is C13H12O2. The van der Waals surface area contributed by atoms with Crippen molar-refractivity contribution in [3.05, 3.63) is 41.7 Å². The maximum Gasteiger partial charge on any atom is 0.245 e. The van der Waals surface area contributed by atoms with Gasteiger partial charge in [0.25, 0.3) is 0 Å². The highest BCUT2D eigenvalue weighted by atomic mass is 16.7. The summed E-state index contributed by atoms with van der Waals surface area (Å²) in [6.45, 7) is 3.73. The van der Waals surface area contributed by atoms with Gasteiger partial charge in [-0.15, -0.1) is 6.42 Å². The Bertz CT molecular complexity index is 433. The second-order valence-electron chi connectivity index (χ2n) is 3.82. The lowest BCUT2D eigenvalue weighted by Gasteiger charge is -2.18. The predicted octanol–water partition coefficient (Wildman–Crippen LogP) is 2.75. The number of rotatable bonds is 1. The molecule has 15 heavy (non-hydrogen) atoms. The molecule has 76 valence electrons. The zero-order valence-electron chi connectivity index (χ0n) is 8.78. The Hall–Kier alpha value is -1.88. The Morgan fingerprint density at radius 2 is 1.87 bits per heavy atom. The third kappa shape index (κ3) is 1.97. The summed E-state index contributed by atoms with van der Waals surface area (Å²) in [4.78, 5) is 0. The van der Waals surface area contributed by atoms with Gasteiger partial charge in [-0.05, 0) is 24.3 Å². The largest absolute Gasteiger partial charge is 0.457 e. The van der Waals surface area contributed by atoms with Crippen LogP contribution < -0.4 is 0 Å². The van der Waals surface area contributed by atoms with Crippen LogP contribution in [0.4, 0.5) is 0 Å². The zero-order chi connectivity index (χ0) is 10.9. The van der Waals surface area contributed by atoms with E-state index < -0.39 is 5.79 Å². The monoisotopic (exact) mass is 200 g/mol. The fourth-order valence-corrected chi connectivity index (χ4v) is 1.37. The van der Waals surface area contributed by atoms with E-state index in [4.69, 9.17) is 15.9 Å². The van der Waals surface area contributed by atoms with Crippen LogP contribution in [-0.2, 0) is 9.47 Å². The quantitative estimate of drug-likeness (QED) is 0.649. The Kier molecular flexibility index (Phi) is 2.17. The van der Waals surface area contributed by atoms with Crippen molar-refractivity contribution in [1.29, 1.82) is 0 Å². The molecule has 1 aliphatic heterocycles. The van der Waals surface area contributed by atoms with Gasteiger partial charge in [-0.25, -0.2) is 0 Å². The van der Waals surface area contributed by atoms with Crippen molar-refractivity contribution >= 4 is 5.76 Å². The number of hydrogen-bond acceptors (Lipinski definition) is 2. The van der Waals surface area contributed by atoms with Gasteiger partial charge in [0.05, 0.1) is 0 Å². The average Bonchev–Trinajstić information content (AvgIpc) is 2.59. The molecule has 0 N–H and O–H groups in total. The summed E-state index contributed by atoms with van der Waals surface area (Å²) in [7, 11) is 0. The first-order valence-corrected chi connectivity index (χ1v) is 4.75. The molecule has 0 saturated carbocycles. The van der Waals surface area contributed by atoms with Crippen LogP contribution in [-0.4, -0.2) is 5.79 Å². The van der Waals surface area contributed by atoms with Crippen LogP contribution in [0.25, 0.3) is 5.76 Å². The summed E-state index contributed by atoms with van der Waals surface area (Å²) in [5.74, 6) is 2.74. The van der Waals surface area contributed by atoms with Crippen molar-refractivity contribution in [2.24, 2.45) is 0 Å². The van der Waals surface area contributed by atoms with Gasteiger partial charge in [0, 0.05) is 25.0 Å². The molecule has 0 unspecified atom stereocenters. The van der Waals surface area contributed by atoms with E-state index in [9.17, 15) is 0 Å². The van der Waals surface area contributed by atoms with Gasteiger partial charge in [0.2, 0.25) is 5.79 Å². The standard InChI is InChI=1S/C13H12O2/c1-4-10-5-7-11(8-6-10)12-9-14-13(2,3)15-12/h1,5-9H,2-3H3. The smallest absolute Gasteiger partial charge is 0.245 e. The third-order valence-electron chi connectivity index (χ3n) is 2.14. The van der Waals surface area contributed by atoms with E-state index in [1.165, 1.54) is 0 Å². The van der Waals surface area contributed by atoms with Crippen molar-refractivity contribution in [2.75, 3.05) is 0 Å². The van der Waals surface area contributed by atoms with Gasteiger partial charge in [-0.1, -0.05) is 5.92 Å². The van der Waals surface area contributed by atoms with E-state index in [1.54, 1.807) is 6.26 Å². The van der Waals surface area contributed by atoms with Crippen LogP contribution in [0.1, 0.15) is 25.0 Å².